The standard InChI is InChI=1S/C18H15ClN4OS2/c1-11-7-14(18(24)20-8-12-4-5-16(19)26-12)15-9-21-23(17(15)22-11)10-13-3-2-6-25-13/h2-7,9H,8,10H2,1H3,(H,20,24). The molecule has 26 heavy (non-hydrogen) atoms. The number of amides is 1. The number of nitrogens with one attached hydrogen (secondary N) is 1. The topological polar surface area (TPSA) is 59.8 Å². The Balaban J connectivity index is 1.62. The molecule has 0 radical (unpaired) electrons. The highest BCUT2D eigenvalue weighted by Gasteiger charge is 2.16. The number of aromatic nitrogens is 3. The highest BCUT2D eigenvalue weighted by molar-refractivity contribution is 7.16. The molecule has 4 aromatic rings. The van der Waals surface area contributed by atoms with Gasteiger partial charge in [-0.2, -0.15) is 5.10 Å². The maximum Gasteiger partial charge on any atom is 0.252 e. The molecular weight excluding hydrogens is 388 g/mol. The van der Waals surface area contributed by atoms with Gasteiger partial charge >= 0.3 is 0 Å². The van der Waals surface area contributed by atoms with Gasteiger partial charge in [0.05, 0.1) is 34.6 Å². The largest absolute Gasteiger partial charge is 0.347 e. The summed E-state index contributed by atoms with van der Waals surface area (Å²) >= 11 is 9.08. The van der Waals surface area contributed by atoms with E-state index in [-0.39, 0.29) is 5.91 Å². The maximum absolute atomic E-state index is 12.7. The van der Waals surface area contributed by atoms with Crippen LogP contribution in [0.4, 0.5) is 0 Å². The van der Waals surface area contributed by atoms with E-state index in [1.165, 1.54) is 16.2 Å². The molecule has 0 atom stereocenters. The fourth-order valence-electron chi connectivity index (χ4n) is 2.74. The molecule has 4 heterocycles. The molecule has 0 aliphatic carbocycles. The van der Waals surface area contributed by atoms with Crippen molar-refractivity contribution < 1.29 is 4.79 Å². The lowest BCUT2D eigenvalue weighted by Gasteiger charge is -2.07. The normalized spacial score (nSPS) is 11.2. The molecule has 0 saturated carbocycles. The van der Waals surface area contributed by atoms with E-state index in [1.807, 2.05) is 35.2 Å². The monoisotopic (exact) mass is 402 g/mol. The van der Waals surface area contributed by atoms with Gasteiger partial charge in [0.2, 0.25) is 0 Å². The summed E-state index contributed by atoms with van der Waals surface area (Å²) in [5.74, 6) is -0.138. The van der Waals surface area contributed by atoms with Gasteiger partial charge < -0.3 is 5.32 Å². The predicted octanol–water partition coefficient (Wildman–Crippen LogP) is 4.49. The Labute approximate surface area is 163 Å². The minimum Gasteiger partial charge on any atom is -0.347 e. The molecule has 0 aliphatic heterocycles. The second-order valence-electron chi connectivity index (χ2n) is 5.82. The van der Waals surface area contributed by atoms with Gasteiger partial charge in [0.25, 0.3) is 5.91 Å². The van der Waals surface area contributed by atoms with Crippen LogP contribution >= 0.6 is 34.3 Å². The average Bonchev–Trinajstić information content (AvgIpc) is 3.35. The van der Waals surface area contributed by atoms with Crippen molar-refractivity contribution in [3.8, 4) is 0 Å². The molecule has 0 fully saturated rings. The molecule has 5 nitrogen and oxygen atoms in total. The summed E-state index contributed by atoms with van der Waals surface area (Å²) in [5.41, 5.74) is 2.10. The smallest absolute Gasteiger partial charge is 0.252 e. The van der Waals surface area contributed by atoms with Crippen LogP contribution in [0.3, 0.4) is 0 Å². The number of pyridine rings is 1. The summed E-state index contributed by atoms with van der Waals surface area (Å²) in [4.78, 5) is 19.5. The summed E-state index contributed by atoms with van der Waals surface area (Å²) < 4.78 is 2.55. The van der Waals surface area contributed by atoms with Gasteiger partial charge in [0.1, 0.15) is 0 Å². The number of hydrogen-bond donors (Lipinski definition) is 1. The maximum atomic E-state index is 12.7. The number of fused-ring (bicyclic) bond motifs is 1. The number of aryl methyl sites for hydroxylation is 1. The van der Waals surface area contributed by atoms with Gasteiger partial charge in [-0.1, -0.05) is 17.7 Å². The van der Waals surface area contributed by atoms with Crippen LogP contribution in [-0.4, -0.2) is 20.7 Å². The Kier molecular flexibility index (Phi) is 4.76. The second kappa shape index (κ2) is 7.19. The number of thiophene rings is 2. The summed E-state index contributed by atoms with van der Waals surface area (Å²) in [6.07, 6.45) is 1.71. The van der Waals surface area contributed by atoms with Crippen LogP contribution in [0.1, 0.15) is 25.8 Å². The number of rotatable bonds is 5. The van der Waals surface area contributed by atoms with E-state index >= 15 is 0 Å². The van der Waals surface area contributed by atoms with Crippen LogP contribution in [-0.2, 0) is 13.1 Å². The Morgan fingerprint density at radius 1 is 1.31 bits per heavy atom. The molecule has 4 rings (SSSR count). The second-order valence-corrected chi connectivity index (χ2v) is 8.65. The van der Waals surface area contributed by atoms with E-state index in [0.717, 1.165) is 21.6 Å². The minimum absolute atomic E-state index is 0.138. The summed E-state index contributed by atoms with van der Waals surface area (Å²) in [6, 6.07) is 9.63. The molecule has 1 N–H and O–H groups in total. The van der Waals surface area contributed by atoms with E-state index < -0.39 is 0 Å². The van der Waals surface area contributed by atoms with Crippen LogP contribution in [0.5, 0.6) is 0 Å². The lowest BCUT2D eigenvalue weighted by molar-refractivity contribution is 0.0953. The van der Waals surface area contributed by atoms with Crippen LogP contribution in [0, 0.1) is 6.92 Å². The van der Waals surface area contributed by atoms with Crippen LogP contribution in [0.2, 0.25) is 4.34 Å². The van der Waals surface area contributed by atoms with Crippen molar-refractivity contribution in [1.82, 2.24) is 20.1 Å². The zero-order chi connectivity index (χ0) is 18.1. The predicted molar refractivity (Wildman–Crippen MR) is 106 cm³/mol. The molecule has 0 aromatic carbocycles. The third-order valence-corrected chi connectivity index (χ3v) is 6.01. The van der Waals surface area contributed by atoms with Crippen LogP contribution < -0.4 is 5.32 Å². The lowest BCUT2D eigenvalue weighted by Crippen LogP contribution is -2.22. The Bertz CT molecular complexity index is 1070. The van der Waals surface area contributed by atoms with E-state index in [1.54, 1.807) is 23.6 Å². The highest BCUT2D eigenvalue weighted by atomic mass is 35.5. The van der Waals surface area contributed by atoms with Crippen molar-refractivity contribution in [2.75, 3.05) is 0 Å². The van der Waals surface area contributed by atoms with E-state index in [4.69, 9.17) is 11.6 Å². The van der Waals surface area contributed by atoms with Crippen molar-refractivity contribution >= 4 is 51.2 Å². The number of carbonyl (C=O) groups is 1. The first-order valence-corrected chi connectivity index (χ1v) is 10.1. The first-order valence-electron chi connectivity index (χ1n) is 7.98. The summed E-state index contributed by atoms with van der Waals surface area (Å²) in [6.45, 7) is 2.98. The van der Waals surface area contributed by atoms with Gasteiger partial charge in [0.15, 0.2) is 5.65 Å². The first-order chi connectivity index (χ1) is 12.6. The molecular formula is C18H15ClN4OS2. The molecule has 0 unspecified atom stereocenters. The third kappa shape index (κ3) is 3.51. The van der Waals surface area contributed by atoms with Crippen LogP contribution in [0.15, 0.2) is 41.9 Å². The quantitative estimate of drug-likeness (QED) is 0.534. The minimum atomic E-state index is -0.138. The van der Waals surface area contributed by atoms with Gasteiger partial charge in [-0.25, -0.2) is 9.67 Å². The number of carbonyl (C=O) groups excluding carboxylic acids is 1. The zero-order valence-electron chi connectivity index (χ0n) is 13.9. The fourth-order valence-corrected chi connectivity index (χ4v) is 4.45. The molecule has 1 amide bonds. The molecule has 0 spiro atoms. The van der Waals surface area contributed by atoms with Crippen LogP contribution in [0.25, 0.3) is 11.0 Å². The first kappa shape index (κ1) is 17.2. The van der Waals surface area contributed by atoms with Gasteiger partial charge in [-0.05, 0) is 36.6 Å². The number of halogens is 1. The van der Waals surface area contributed by atoms with Crippen molar-refractivity contribution in [2.45, 2.75) is 20.0 Å². The van der Waals surface area contributed by atoms with Gasteiger partial charge in [-0.3, -0.25) is 4.79 Å². The van der Waals surface area contributed by atoms with Crippen molar-refractivity contribution in [2.24, 2.45) is 0 Å². The van der Waals surface area contributed by atoms with E-state index in [2.05, 4.69) is 21.5 Å². The lowest BCUT2D eigenvalue weighted by atomic mass is 10.1. The zero-order valence-corrected chi connectivity index (χ0v) is 16.3. The highest BCUT2D eigenvalue weighted by Crippen LogP contribution is 2.23. The third-order valence-electron chi connectivity index (χ3n) is 3.92. The Hall–Kier alpha value is -2.22. The molecule has 0 bridgehead atoms. The molecule has 8 heteroatoms. The van der Waals surface area contributed by atoms with Crippen molar-refractivity contribution in [3.63, 3.8) is 0 Å². The van der Waals surface area contributed by atoms with Gasteiger partial charge in [-0.15, -0.1) is 22.7 Å². The fraction of sp³-hybridized carbons (Fsp3) is 0.167. The summed E-state index contributed by atoms with van der Waals surface area (Å²) in [5, 5.41) is 10.2. The molecule has 132 valence electrons. The average molecular weight is 403 g/mol. The SMILES string of the molecule is Cc1cc(C(=O)NCc2ccc(Cl)s2)c2cnn(Cc3cccs3)c2n1. The molecule has 0 saturated heterocycles. The number of hydrogen-bond acceptors (Lipinski definition) is 5. The van der Waals surface area contributed by atoms with Gasteiger partial charge in [0, 0.05) is 15.4 Å². The van der Waals surface area contributed by atoms with Crippen molar-refractivity contribution in [1.29, 1.82) is 0 Å². The Morgan fingerprint density at radius 2 is 2.19 bits per heavy atom. The summed E-state index contributed by atoms with van der Waals surface area (Å²) in [7, 11) is 0. The van der Waals surface area contributed by atoms with E-state index in [0.29, 0.717) is 23.0 Å². The van der Waals surface area contributed by atoms with Crippen molar-refractivity contribution in [3.05, 3.63) is 67.3 Å². The molecule has 4 aromatic heterocycles. The Morgan fingerprint density at radius 3 is 2.92 bits per heavy atom. The molecule has 0 aliphatic rings. The van der Waals surface area contributed by atoms with E-state index in [9.17, 15) is 4.79 Å². The number of nitrogens with zero attached hydrogens (tertiary/aromatic N) is 3.